The van der Waals surface area contributed by atoms with Gasteiger partial charge < -0.3 is 4.42 Å². The highest BCUT2D eigenvalue weighted by Crippen LogP contribution is 2.31. The van der Waals surface area contributed by atoms with Crippen LogP contribution in [0.5, 0.6) is 0 Å². The van der Waals surface area contributed by atoms with Crippen LogP contribution in [0.4, 0.5) is 0 Å². The summed E-state index contributed by atoms with van der Waals surface area (Å²) in [5, 5.41) is 0.355. The third kappa shape index (κ3) is 6.59. The number of rotatable bonds is 7. The number of thioether (sulfide) groups is 2. The highest BCUT2D eigenvalue weighted by atomic mass is 32.2. The molecule has 3 aromatic rings. The van der Waals surface area contributed by atoms with Crippen LogP contribution >= 0.6 is 35.7 Å². The van der Waals surface area contributed by atoms with Crippen LogP contribution in [0.1, 0.15) is 12.5 Å². The lowest BCUT2D eigenvalue weighted by atomic mass is 10.1. The van der Waals surface area contributed by atoms with Crippen molar-refractivity contribution in [2.24, 2.45) is 0 Å². The SMILES string of the molecule is CC(/C=C1\SC(=S)N(CC(=O)NNC(=O)CSc2nc3ccccc3o2)C1=O)=C\c1ccccc1. The Bertz CT molecular complexity index is 1320. The van der Waals surface area contributed by atoms with Crippen molar-refractivity contribution < 1.29 is 18.8 Å². The van der Waals surface area contributed by atoms with E-state index < -0.39 is 11.8 Å². The molecule has 8 nitrogen and oxygen atoms in total. The molecule has 1 fully saturated rings. The number of aromatic nitrogens is 1. The zero-order chi connectivity index (χ0) is 24.8. The number of hydrogen-bond donors (Lipinski definition) is 2. The molecule has 2 N–H and O–H groups in total. The molecule has 0 radical (unpaired) electrons. The number of carbonyl (C=O) groups is 3. The zero-order valence-electron chi connectivity index (χ0n) is 18.5. The van der Waals surface area contributed by atoms with Gasteiger partial charge in [-0.15, -0.1) is 0 Å². The number of amides is 3. The van der Waals surface area contributed by atoms with E-state index in [1.54, 1.807) is 12.1 Å². The highest BCUT2D eigenvalue weighted by molar-refractivity contribution is 8.26. The summed E-state index contributed by atoms with van der Waals surface area (Å²) in [6, 6.07) is 17.0. The van der Waals surface area contributed by atoms with Crippen molar-refractivity contribution in [1.29, 1.82) is 0 Å². The van der Waals surface area contributed by atoms with Crippen LogP contribution in [0, 0.1) is 0 Å². The summed E-state index contributed by atoms with van der Waals surface area (Å²) in [6.45, 7) is 1.59. The predicted octanol–water partition coefficient (Wildman–Crippen LogP) is 3.92. The molecule has 1 saturated heterocycles. The van der Waals surface area contributed by atoms with Crippen molar-refractivity contribution in [3.05, 3.63) is 76.7 Å². The summed E-state index contributed by atoms with van der Waals surface area (Å²) < 4.78 is 5.82. The molecule has 0 unspecified atom stereocenters. The second-order valence-electron chi connectivity index (χ2n) is 7.40. The van der Waals surface area contributed by atoms with Gasteiger partial charge in [0.25, 0.3) is 17.0 Å². The second-order valence-corrected chi connectivity index (χ2v) is 10.0. The van der Waals surface area contributed by atoms with E-state index in [4.69, 9.17) is 16.6 Å². The molecule has 11 heteroatoms. The maximum absolute atomic E-state index is 12.7. The van der Waals surface area contributed by atoms with Gasteiger partial charge >= 0.3 is 0 Å². The molecule has 4 rings (SSSR count). The molecule has 1 aliphatic heterocycles. The molecule has 178 valence electrons. The van der Waals surface area contributed by atoms with Crippen LogP contribution in [0.15, 0.2) is 80.8 Å². The molecule has 35 heavy (non-hydrogen) atoms. The topological polar surface area (TPSA) is 105 Å². The van der Waals surface area contributed by atoms with Gasteiger partial charge in [-0.3, -0.25) is 30.1 Å². The van der Waals surface area contributed by atoms with Gasteiger partial charge in [-0.25, -0.2) is 4.98 Å². The van der Waals surface area contributed by atoms with Gasteiger partial charge in [-0.1, -0.05) is 84.3 Å². The van der Waals surface area contributed by atoms with Crippen LogP contribution in [0.25, 0.3) is 17.2 Å². The van der Waals surface area contributed by atoms with Gasteiger partial charge in [0, 0.05) is 0 Å². The number of benzene rings is 2. The van der Waals surface area contributed by atoms with Crippen LogP contribution in [-0.2, 0) is 14.4 Å². The molecular weight excluding hydrogens is 504 g/mol. The number of thiocarbonyl (C=S) groups is 1. The molecule has 0 aliphatic carbocycles. The van der Waals surface area contributed by atoms with Crippen molar-refractivity contribution in [1.82, 2.24) is 20.7 Å². The average Bonchev–Trinajstić information content (AvgIpc) is 3.38. The maximum Gasteiger partial charge on any atom is 0.266 e. The molecule has 1 aliphatic rings. The van der Waals surface area contributed by atoms with Gasteiger partial charge in [0.05, 0.1) is 10.7 Å². The summed E-state index contributed by atoms with van der Waals surface area (Å²) >= 11 is 7.51. The van der Waals surface area contributed by atoms with Gasteiger partial charge in [-0.05, 0) is 36.3 Å². The summed E-state index contributed by atoms with van der Waals surface area (Å²) in [5.74, 6) is -1.38. The number of carbonyl (C=O) groups excluding carboxylic acids is 3. The molecule has 0 atom stereocenters. The summed E-state index contributed by atoms with van der Waals surface area (Å²) in [7, 11) is 0. The summed E-state index contributed by atoms with van der Waals surface area (Å²) in [4.78, 5) is 43.0. The van der Waals surface area contributed by atoms with E-state index in [0.29, 0.717) is 21.2 Å². The van der Waals surface area contributed by atoms with Gasteiger partial charge in [0.1, 0.15) is 16.4 Å². The minimum Gasteiger partial charge on any atom is -0.431 e. The predicted molar refractivity (Wildman–Crippen MR) is 141 cm³/mol. The number of oxazole rings is 1. The van der Waals surface area contributed by atoms with E-state index in [1.807, 2.05) is 61.5 Å². The number of nitrogens with zero attached hydrogens (tertiary/aromatic N) is 2. The Kier molecular flexibility index (Phi) is 8.01. The molecule has 2 aromatic carbocycles. The second kappa shape index (κ2) is 11.3. The Morgan fingerprint density at radius 2 is 1.83 bits per heavy atom. The average molecular weight is 525 g/mol. The van der Waals surface area contributed by atoms with Crippen LogP contribution in [0.3, 0.4) is 0 Å². The van der Waals surface area contributed by atoms with Crippen molar-refractivity contribution in [2.45, 2.75) is 12.1 Å². The molecular formula is C24H20N4O4S3. The minimum absolute atomic E-state index is 0.01000. The zero-order valence-corrected chi connectivity index (χ0v) is 21.0. The van der Waals surface area contributed by atoms with E-state index in [2.05, 4.69) is 15.8 Å². The fourth-order valence-corrected chi connectivity index (χ4v) is 5.04. The molecule has 0 spiro atoms. The van der Waals surface area contributed by atoms with Crippen LogP contribution in [-0.4, -0.2) is 44.2 Å². The lowest BCUT2D eigenvalue weighted by molar-refractivity contribution is -0.131. The first-order valence-corrected chi connectivity index (χ1v) is 12.6. The molecule has 1 aromatic heterocycles. The van der Waals surface area contributed by atoms with Crippen molar-refractivity contribution in [3.8, 4) is 0 Å². The monoisotopic (exact) mass is 524 g/mol. The first-order valence-electron chi connectivity index (χ1n) is 10.4. The van der Waals surface area contributed by atoms with Gasteiger partial charge in [-0.2, -0.15) is 0 Å². The number of nitrogens with one attached hydrogen (secondary N) is 2. The lowest BCUT2D eigenvalue weighted by Crippen LogP contribution is -2.47. The first-order chi connectivity index (χ1) is 16.9. The molecule has 2 heterocycles. The maximum atomic E-state index is 12.7. The Hall–Kier alpha value is -3.41. The fraction of sp³-hybridized carbons (Fsp3) is 0.125. The molecule has 0 bridgehead atoms. The van der Waals surface area contributed by atoms with Crippen LogP contribution < -0.4 is 10.9 Å². The standard InChI is InChI=1S/C24H20N4O4S3/c1-15(11-16-7-3-2-4-8-16)12-19-22(31)28(24(33)35-19)13-20(29)26-27-21(30)14-34-23-25-17-9-5-6-10-18(17)32-23/h2-12H,13-14H2,1H3,(H,26,29)(H,27,30)/b15-11+,19-12-. The van der Waals surface area contributed by atoms with E-state index in [-0.39, 0.29) is 22.5 Å². The van der Waals surface area contributed by atoms with Crippen molar-refractivity contribution in [3.63, 3.8) is 0 Å². The fourth-order valence-electron chi connectivity index (χ4n) is 3.10. The number of fused-ring (bicyclic) bond motifs is 1. The van der Waals surface area contributed by atoms with E-state index in [0.717, 1.165) is 34.7 Å². The largest absolute Gasteiger partial charge is 0.431 e. The number of para-hydroxylation sites is 2. The van der Waals surface area contributed by atoms with Gasteiger partial charge in [0.15, 0.2) is 5.58 Å². The Morgan fingerprint density at radius 3 is 2.60 bits per heavy atom. The quantitative estimate of drug-likeness (QED) is 0.208. The highest BCUT2D eigenvalue weighted by Gasteiger charge is 2.33. The third-order valence-corrected chi connectivity index (χ3v) is 6.88. The normalized spacial score (nSPS) is 15.2. The minimum atomic E-state index is -0.570. The molecule has 3 amide bonds. The smallest absolute Gasteiger partial charge is 0.266 e. The van der Waals surface area contributed by atoms with Crippen molar-refractivity contribution >= 4 is 75.0 Å². The Balaban J connectivity index is 1.25. The lowest BCUT2D eigenvalue weighted by Gasteiger charge is -2.14. The Morgan fingerprint density at radius 1 is 1.11 bits per heavy atom. The third-order valence-electron chi connectivity index (χ3n) is 4.67. The Labute approximate surface area is 215 Å². The van der Waals surface area contributed by atoms with Gasteiger partial charge in [0.2, 0.25) is 5.91 Å². The van der Waals surface area contributed by atoms with E-state index in [9.17, 15) is 14.4 Å². The van der Waals surface area contributed by atoms with E-state index >= 15 is 0 Å². The van der Waals surface area contributed by atoms with Crippen LogP contribution in [0.2, 0.25) is 0 Å². The van der Waals surface area contributed by atoms with Crippen molar-refractivity contribution in [2.75, 3.05) is 12.3 Å². The number of hydrogen-bond acceptors (Lipinski definition) is 8. The number of allylic oxidation sites excluding steroid dienone is 2. The summed E-state index contributed by atoms with van der Waals surface area (Å²) in [5.41, 5.74) is 7.85. The molecule has 0 saturated carbocycles. The first kappa shape index (κ1) is 24.7. The van der Waals surface area contributed by atoms with E-state index in [1.165, 1.54) is 4.90 Å². The summed E-state index contributed by atoms with van der Waals surface area (Å²) in [6.07, 6.45) is 3.70. The number of hydrazine groups is 1.